The number of alkyl halides is 3. The summed E-state index contributed by atoms with van der Waals surface area (Å²) >= 11 is 0. The smallest absolute Gasteiger partial charge is 0.342 e. The van der Waals surface area contributed by atoms with Gasteiger partial charge in [-0.25, -0.2) is 0 Å². The van der Waals surface area contributed by atoms with Gasteiger partial charge in [0.2, 0.25) is 0 Å². The highest BCUT2D eigenvalue weighted by Gasteiger charge is 2.68. The van der Waals surface area contributed by atoms with Gasteiger partial charge in [0.25, 0.3) is 11.6 Å². The molecule has 0 aromatic heterocycles. The molecule has 0 fully saturated rings. The quantitative estimate of drug-likeness (QED) is 0.866. The van der Waals surface area contributed by atoms with Gasteiger partial charge in [0.15, 0.2) is 0 Å². The highest BCUT2D eigenvalue weighted by molar-refractivity contribution is 5.99. The van der Waals surface area contributed by atoms with Crippen molar-refractivity contribution < 1.29 is 32.7 Å². The Labute approximate surface area is 117 Å². The molecule has 1 aromatic rings. The summed E-state index contributed by atoms with van der Waals surface area (Å²) in [5.41, 5.74) is -4.07. The van der Waals surface area contributed by atoms with Crippen molar-refractivity contribution in [3.8, 4) is 0 Å². The molecule has 2 rings (SSSR count). The van der Waals surface area contributed by atoms with Crippen LogP contribution in [0.3, 0.4) is 0 Å². The standard InChI is InChI=1S/C13H12F3NO4/c1-8(18)6-7-21-12(13(14,15)16)10-5-3-2-4-9(10)11(19)17(12)20/h2-5,20H,6-7H2,1H3. The van der Waals surface area contributed by atoms with Crippen LogP contribution in [-0.2, 0) is 15.3 Å². The summed E-state index contributed by atoms with van der Waals surface area (Å²) in [5.74, 6) is -1.57. The summed E-state index contributed by atoms with van der Waals surface area (Å²) < 4.78 is 45.2. The predicted molar refractivity (Wildman–Crippen MR) is 63.4 cm³/mol. The van der Waals surface area contributed by atoms with Gasteiger partial charge < -0.3 is 4.74 Å². The van der Waals surface area contributed by atoms with E-state index in [2.05, 4.69) is 0 Å². The zero-order valence-electron chi connectivity index (χ0n) is 11.0. The van der Waals surface area contributed by atoms with Crippen molar-refractivity contribution in [2.24, 2.45) is 0 Å². The number of carbonyl (C=O) groups is 2. The Morgan fingerprint density at radius 3 is 2.57 bits per heavy atom. The Balaban J connectivity index is 2.50. The molecule has 0 radical (unpaired) electrons. The second-order valence-electron chi connectivity index (χ2n) is 4.60. The number of Topliss-reactive ketones (excluding diaryl/α,β-unsaturated/α-hetero) is 1. The highest BCUT2D eigenvalue weighted by Crippen LogP contribution is 2.49. The van der Waals surface area contributed by atoms with Crippen LogP contribution < -0.4 is 0 Å². The predicted octanol–water partition coefficient (Wildman–Crippen LogP) is 2.24. The molecule has 1 heterocycles. The van der Waals surface area contributed by atoms with Crippen LogP contribution in [0, 0.1) is 0 Å². The Bertz CT molecular complexity index is 587. The van der Waals surface area contributed by atoms with E-state index in [1.807, 2.05) is 0 Å². The summed E-state index contributed by atoms with van der Waals surface area (Å²) in [6.45, 7) is 0.627. The van der Waals surface area contributed by atoms with Crippen LogP contribution >= 0.6 is 0 Å². The highest BCUT2D eigenvalue weighted by atomic mass is 19.4. The Morgan fingerprint density at radius 2 is 2.00 bits per heavy atom. The van der Waals surface area contributed by atoms with Crippen LogP contribution in [0.15, 0.2) is 24.3 Å². The van der Waals surface area contributed by atoms with Crippen LogP contribution in [0.4, 0.5) is 13.2 Å². The first kappa shape index (κ1) is 15.5. The number of carbonyl (C=O) groups excluding carboxylic acids is 2. The molecule has 0 saturated heterocycles. The third-order valence-electron chi connectivity index (χ3n) is 3.16. The first-order chi connectivity index (χ1) is 9.72. The second-order valence-corrected chi connectivity index (χ2v) is 4.60. The van der Waals surface area contributed by atoms with Gasteiger partial charge in [-0.2, -0.15) is 18.2 Å². The Hall–Kier alpha value is -1.93. The van der Waals surface area contributed by atoms with Crippen molar-refractivity contribution in [3.63, 3.8) is 0 Å². The normalized spacial score (nSPS) is 21.6. The second kappa shape index (κ2) is 5.12. The van der Waals surface area contributed by atoms with Crippen LogP contribution in [-0.4, -0.2) is 34.7 Å². The van der Waals surface area contributed by atoms with Crippen molar-refractivity contribution in [2.75, 3.05) is 6.61 Å². The molecular formula is C13H12F3NO4. The van der Waals surface area contributed by atoms with Crippen molar-refractivity contribution >= 4 is 11.7 Å². The average Bonchev–Trinajstić information content (AvgIpc) is 2.61. The first-order valence-corrected chi connectivity index (χ1v) is 6.05. The molecule has 0 aliphatic carbocycles. The van der Waals surface area contributed by atoms with Crippen LogP contribution in [0.25, 0.3) is 0 Å². The number of nitrogens with zero attached hydrogens (tertiary/aromatic N) is 1. The number of hydrogen-bond donors (Lipinski definition) is 1. The molecule has 1 aromatic carbocycles. The number of benzene rings is 1. The van der Waals surface area contributed by atoms with E-state index in [-0.39, 0.29) is 17.8 Å². The molecule has 1 atom stereocenters. The van der Waals surface area contributed by atoms with Crippen molar-refractivity contribution in [1.82, 2.24) is 5.06 Å². The zero-order chi connectivity index (χ0) is 15.8. The van der Waals surface area contributed by atoms with E-state index < -0.39 is 35.0 Å². The number of ketones is 1. The molecule has 1 unspecified atom stereocenters. The molecule has 1 amide bonds. The summed E-state index contributed by atoms with van der Waals surface area (Å²) in [6, 6.07) is 4.92. The lowest BCUT2D eigenvalue weighted by molar-refractivity contribution is -0.377. The lowest BCUT2D eigenvalue weighted by atomic mass is 10.0. The van der Waals surface area contributed by atoms with E-state index in [9.17, 15) is 28.0 Å². The minimum atomic E-state index is -5.07. The van der Waals surface area contributed by atoms with Gasteiger partial charge in [0, 0.05) is 12.0 Å². The topological polar surface area (TPSA) is 66.8 Å². The van der Waals surface area contributed by atoms with E-state index in [1.54, 1.807) is 0 Å². The van der Waals surface area contributed by atoms with E-state index in [0.717, 1.165) is 6.07 Å². The lowest BCUT2D eigenvalue weighted by Gasteiger charge is -2.36. The number of rotatable bonds is 4. The third kappa shape index (κ3) is 2.30. The maximum atomic E-state index is 13.5. The van der Waals surface area contributed by atoms with E-state index in [4.69, 9.17) is 4.74 Å². The Morgan fingerprint density at radius 1 is 1.38 bits per heavy atom. The summed E-state index contributed by atoms with van der Waals surface area (Å²) in [4.78, 5) is 22.6. The first-order valence-electron chi connectivity index (χ1n) is 6.05. The molecule has 0 bridgehead atoms. The number of hydrogen-bond acceptors (Lipinski definition) is 4. The fraction of sp³-hybridized carbons (Fsp3) is 0.385. The van der Waals surface area contributed by atoms with Gasteiger partial charge in [0.1, 0.15) is 5.78 Å². The van der Waals surface area contributed by atoms with Gasteiger partial charge in [0.05, 0.1) is 12.2 Å². The van der Waals surface area contributed by atoms with Crippen LogP contribution in [0.5, 0.6) is 0 Å². The maximum Gasteiger partial charge on any atom is 0.443 e. The van der Waals surface area contributed by atoms with E-state index >= 15 is 0 Å². The molecule has 8 heteroatoms. The SMILES string of the molecule is CC(=O)CCOC1(C(F)(F)F)c2ccccc2C(=O)N1O. The van der Waals surface area contributed by atoms with Gasteiger partial charge in [-0.3, -0.25) is 14.8 Å². The van der Waals surface area contributed by atoms with Gasteiger partial charge in [-0.05, 0) is 13.0 Å². The molecule has 0 spiro atoms. The Kier molecular flexibility index (Phi) is 3.77. The van der Waals surface area contributed by atoms with Crippen molar-refractivity contribution in [3.05, 3.63) is 35.4 Å². The average molecular weight is 303 g/mol. The molecule has 0 saturated carbocycles. The number of fused-ring (bicyclic) bond motifs is 1. The molecule has 1 aliphatic rings. The number of ether oxygens (including phenoxy) is 1. The maximum absolute atomic E-state index is 13.5. The number of amides is 1. The molecule has 21 heavy (non-hydrogen) atoms. The van der Waals surface area contributed by atoms with Gasteiger partial charge in [-0.1, -0.05) is 18.2 Å². The van der Waals surface area contributed by atoms with Crippen molar-refractivity contribution in [2.45, 2.75) is 25.2 Å². The van der Waals surface area contributed by atoms with Crippen LogP contribution in [0.1, 0.15) is 29.3 Å². The monoisotopic (exact) mass is 303 g/mol. The van der Waals surface area contributed by atoms with Crippen molar-refractivity contribution in [1.29, 1.82) is 0 Å². The third-order valence-corrected chi connectivity index (χ3v) is 3.16. The summed E-state index contributed by atoms with van der Waals surface area (Å²) in [7, 11) is 0. The minimum Gasteiger partial charge on any atom is -0.342 e. The van der Waals surface area contributed by atoms with Gasteiger partial charge in [-0.15, -0.1) is 0 Å². The molecular weight excluding hydrogens is 291 g/mol. The fourth-order valence-corrected chi connectivity index (χ4v) is 2.17. The summed E-state index contributed by atoms with van der Waals surface area (Å²) in [5, 5.41) is 9.22. The number of hydroxylamine groups is 2. The zero-order valence-corrected chi connectivity index (χ0v) is 11.0. The fourth-order valence-electron chi connectivity index (χ4n) is 2.17. The molecule has 1 aliphatic heterocycles. The molecule has 5 nitrogen and oxygen atoms in total. The lowest BCUT2D eigenvalue weighted by Crippen LogP contribution is -2.54. The van der Waals surface area contributed by atoms with E-state index in [0.29, 0.717) is 0 Å². The van der Waals surface area contributed by atoms with Crippen LogP contribution in [0.2, 0.25) is 0 Å². The molecule has 1 N–H and O–H groups in total. The molecule has 114 valence electrons. The largest absolute Gasteiger partial charge is 0.443 e. The minimum absolute atomic E-state index is 0.262. The number of halogens is 3. The summed E-state index contributed by atoms with van der Waals surface area (Å²) in [6.07, 6.45) is -5.33. The van der Waals surface area contributed by atoms with Gasteiger partial charge >= 0.3 is 6.18 Å². The van der Waals surface area contributed by atoms with E-state index in [1.165, 1.54) is 25.1 Å².